The van der Waals surface area contributed by atoms with Gasteiger partial charge < -0.3 is 35.8 Å². The van der Waals surface area contributed by atoms with Crippen molar-refractivity contribution in [2.24, 2.45) is 11.0 Å². The Balaban J connectivity index is 0.000000555. The van der Waals surface area contributed by atoms with Gasteiger partial charge in [0.2, 0.25) is 5.91 Å². The summed E-state index contributed by atoms with van der Waals surface area (Å²) in [5.41, 5.74) is 7.04. The van der Waals surface area contributed by atoms with Crippen molar-refractivity contribution in [1.82, 2.24) is 15.6 Å². The van der Waals surface area contributed by atoms with E-state index in [0.29, 0.717) is 32.7 Å². The Labute approximate surface area is 221 Å². The number of hydrazone groups is 1. The van der Waals surface area contributed by atoms with Crippen LogP contribution in [0.15, 0.2) is 35.5 Å². The second kappa shape index (κ2) is 14.3. The largest absolute Gasteiger partial charge is 0.396 e. The van der Waals surface area contributed by atoms with E-state index in [9.17, 15) is 9.90 Å². The summed E-state index contributed by atoms with van der Waals surface area (Å²) in [7, 11) is 1.88. The third-order valence-electron chi connectivity index (χ3n) is 7.22. The zero-order chi connectivity index (χ0) is 26.8. The summed E-state index contributed by atoms with van der Waals surface area (Å²) in [4.78, 5) is 16.0. The maximum atomic E-state index is 12.0. The molecule has 0 aliphatic carbocycles. The van der Waals surface area contributed by atoms with Crippen LogP contribution in [0.4, 0.5) is 5.69 Å². The first-order valence-corrected chi connectivity index (χ1v) is 13.4. The minimum Gasteiger partial charge on any atom is -0.396 e. The van der Waals surface area contributed by atoms with Crippen LogP contribution in [-0.2, 0) is 9.53 Å². The van der Waals surface area contributed by atoms with Crippen molar-refractivity contribution in [2.45, 2.75) is 44.9 Å². The maximum Gasteiger partial charge on any atom is 0.219 e. The average molecular weight is 513 g/mol. The number of aliphatic hydroxyl groups excluding tert-OH is 1. The predicted molar refractivity (Wildman–Crippen MR) is 150 cm³/mol. The maximum absolute atomic E-state index is 12.0. The van der Waals surface area contributed by atoms with Crippen molar-refractivity contribution in [3.63, 3.8) is 0 Å². The predicted octanol–water partition coefficient (Wildman–Crippen LogP) is 2.68. The molecule has 1 unspecified atom stereocenters. The quantitative estimate of drug-likeness (QED) is 0.451. The van der Waals surface area contributed by atoms with Crippen LogP contribution in [0.2, 0.25) is 0 Å². The standard InChI is InChI=1S/C23H34N6O2.C5H10O/c1-16-14-28(17(2)31)9-4-8-26-27-23(16)29-10-7-19(15-30)21-11-18(5-6-22(21)29)20(12-24)13-25-3;1-5-2-3-6-4-5/h5-6,11-12,19-20,24-26,30H,1,4,7-10,13-15H2,2-3H3;5H,2-4H2,1H3/b24-12?,27-23+;/t19-,20?;5-/m10/s1. The number of amidine groups is 1. The van der Waals surface area contributed by atoms with Crippen molar-refractivity contribution < 1.29 is 14.6 Å². The smallest absolute Gasteiger partial charge is 0.219 e. The zero-order valence-electron chi connectivity index (χ0n) is 22.6. The Hall–Kier alpha value is -2.75. The summed E-state index contributed by atoms with van der Waals surface area (Å²) in [6.07, 6.45) is 4.33. The van der Waals surface area contributed by atoms with Crippen molar-refractivity contribution in [2.75, 3.05) is 64.5 Å². The summed E-state index contributed by atoms with van der Waals surface area (Å²) in [5.74, 6) is 1.61. The fraction of sp³-hybridized carbons (Fsp3) is 0.607. The SMILES string of the molecule is C=C1CN(C(C)=O)CCCN/N=C\1N1CC[C@H](CO)c2cc(C(C=N)CNC)ccc21.C[C@H]1CCOC1. The molecule has 0 spiro atoms. The molecule has 3 atom stereocenters. The van der Waals surface area contributed by atoms with Gasteiger partial charge in [0.05, 0.1) is 6.61 Å². The molecule has 3 aliphatic heterocycles. The van der Waals surface area contributed by atoms with E-state index in [2.05, 4.69) is 46.4 Å². The summed E-state index contributed by atoms with van der Waals surface area (Å²) in [6.45, 7) is 13.3. The number of nitrogens with one attached hydrogen (secondary N) is 3. The second-order valence-corrected chi connectivity index (χ2v) is 10.2. The number of hydrogen-bond donors (Lipinski definition) is 4. The van der Waals surface area contributed by atoms with Gasteiger partial charge in [-0.25, -0.2) is 0 Å². The molecule has 1 aromatic carbocycles. The van der Waals surface area contributed by atoms with Crippen LogP contribution >= 0.6 is 0 Å². The molecule has 9 nitrogen and oxygen atoms in total. The first-order chi connectivity index (χ1) is 17.9. The van der Waals surface area contributed by atoms with E-state index >= 15 is 0 Å². The van der Waals surface area contributed by atoms with Gasteiger partial charge in [0.25, 0.3) is 0 Å². The lowest BCUT2D eigenvalue weighted by Gasteiger charge is -2.37. The number of aliphatic hydroxyl groups is 1. The van der Waals surface area contributed by atoms with Crippen LogP contribution in [-0.4, -0.2) is 87.6 Å². The van der Waals surface area contributed by atoms with Crippen molar-refractivity contribution in [1.29, 1.82) is 5.41 Å². The Bertz CT molecular complexity index is 959. The monoisotopic (exact) mass is 512 g/mol. The van der Waals surface area contributed by atoms with E-state index in [1.165, 1.54) is 12.6 Å². The summed E-state index contributed by atoms with van der Waals surface area (Å²) in [6, 6.07) is 6.22. The number of nitrogens with zero attached hydrogens (tertiary/aromatic N) is 3. The van der Waals surface area contributed by atoms with E-state index in [4.69, 9.17) is 10.1 Å². The summed E-state index contributed by atoms with van der Waals surface area (Å²) >= 11 is 0. The fourth-order valence-electron chi connectivity index (χ4n) is 4.95. The summed E-state index contributed by atoms with van der Waals surface area (Å²) < 4.78 is 5.06. The van der Waals surface area contributed by atoms with E-state index in [0.717, 1.165) is 60.2 Å². The number of hydrogen-bond acceptors (Lipinski definition) is 8. The van der Waals surface area contributed by atoms with Gasteiger partial charge in [-0.15, -0.1) is 0 Å². The van der Waals surface area contributed by atoms with Gasteiger partial charge in [0.1, 0.15) is 0 Å². The molecule has 1 amide bonds. The van der Waals surface area contributed by atoms with Crippen LogP contribution < -0.4 is 15.6 Å². The van der Waals surface area contributed by atoms with Crippen LogP contribution in [0.5, 0.6) is 0 Å². The Morgan fingerprint density at radius 3 is 2.81 bits per heavy atom. The first-order valence-electron chi connectivity index (χ1n) is 13.4. The number of benzene rings is 1. The topological polar surface area (TPSA) is 113 Å². The number of amides is 1. The highest BCUT2D eigenvalue weighted by Gasteiger charge is 2.30. The van der Waals surface area contributed by atoms with Gasteiger partial charge in [-0.3, -0.25) is 4.79 Å². The molecule has 37 heavy (non-hydrogen) atoms. The molecule has 1 fully saturated rings. The first kappa shape index (κ1) is 28.8. The number of anilines is 1. The number of ether oxygens (including phenoxy) is 1. The number of rotatable bonds is 5. The van der Waals surface area contributed by atoms with Gasteiger partial charge in [0, 0.05) is 82.2 Å². The van der Waals surface area contributed by atoms with E-state index < -0.39 is 0 Å². The molecular formula is C28H44N6O3. The molecule has 1 aromatic rings. The Morgan fingerprint density at radius 2 is 2.22 bits per heavy atom. The number of fused-ring (bicyclic) bond motifs is 1. The molecule has 0 radical (unpaired) electrons. The highest BCUT2D eigenvalue weighted by atomic mass is 16.5. The van der Waals surface area contributed by atoms with Crippen LogP contribution in [0.1, 0.15) is 56.1 Å². The van der Waals surface area contributed by atoms with Crippen molar-refractivity contribution in [3.05, 3.63) is 41.5 Å². The van der Waals surface area contributed by atoms with Gasteiger partial charge >= 0.3 is 0 Å². The summed E-state index contributed by atoms with van der Waals surface area (Å²) in [5, 5.41) is 25.6. The highest BCUT2D eigenvalue weighted by Crippen LogP contribution is 2.37. The van der Waals surface area contributed by atoms with Gasteiger partial charge in [0.15, 0.2) is 5.84 Å². The lowest BCUT2D eigenvalue weighted by molar-refractivity contribution is -0.128. The normalized spacial score (nSPS) is 24.2. The number of carbonyl (C=O) groups is 1. The molecule has 1 saturated heterocycles. The molecule has 0 saturated carbocycles. The lowest BCUT2D eigenvalue weighted by atomic mass is 9.86. The molecule has 4 rings (SSSR count). The third-order valence-corrected chi connectivity index (χ3v) is 7.22. The molecule has 0 bridgehead atoms. The van der Waals surface area contributed by atoms with E-state index in [1.807, 2.05) is 18.0 Å². The van der Waals surface area contributed by atoms with Crippen molar-refractivity contribution in [3.8, 4) is 0 Å². The second-order valence-electron chi connectivity index (χ2n) is 10.2. The molecule has 4 N–H and O–H groups in total. The van der Waals surface area contributed by atoms with E-state index in [1.54, 1.807) is 6.92 Å². The molecule has 3 heterocycles. The van der Waals surface area contributed by atoms with Gasteiger partial charge in [-0.2, -0.15) is 5.10 Å². The highest BCUT2D eigenvalue weighted by molar-refractivity contribution is 6.10. The third kappa shape index (κ3) is 7.63. The number of carbonyl (C=O) groups excluding carboxylic acids is 1. The Morgan fingerprint density at radius 1 is 1.41 bits per heavy atom. The van der Waals surface area contributed by atoms with Crippen LogP contribution in [0.3, 0.4) is 0 Å². The van der Waals surface area contributed by atoms with Crippen LogP contribution in [0, 0.1) is 11.3 Å². The van der Waals surface area contributed by atoms with E-state index in [-0.39, 0.29) is 24.3 Å². The minimum atomic E-state index is -0.0203. The Kier molecular flexibility index (Phi) is 11.1. The fourth-order valence-corrected chi connectivity index (χ4v) is 4.95. The number of likely N-dealkylation sites (N-methyl/N-ethyl adjacent to an activating group) is 1. The van der Waals surface area contributed by atoms with Crippen molar-refractivity contribution >= 4 is 23.6 Å². The minimum absolute atomic E-state index is 0.0203. The molecule has 9 heteroatoms. The lowest BCUT2D eigenvalue weighted by Crippen LogP contribution is -2.41. The van der Waals surface area contributed by atoms with Crippen LogP contribution in [0.25, 0.3) is 0 Å². The zero-order valence-corrected chi connectivity index (χ0v) is 22.6. The average Bonchev–Trinajstić information content (AvgIpc) is 3.41. The molecule has 0 aromatic heterocycles. The molecule has 204 valence electrons. The van der Waals surface area contributed by atoms with Gasteiger partial charge in [-0.1, -0.05) is 25.6 Å². The molecular weight excluding hydrogens is 468 g/mol. The molecule has 3 aliphatic rings. The van der Waals surface area contributed by atoms with Gasteiger partial charge in [-0.05, 0) is 49.4 Å².